The Balaban J connectivity index is 1.90. The van der Waals surface area contributed by atoms with Crippen LogP contribution < -0.4 is 10.9 Å². The van der Waals surface area contributed by atoms with E-state index in [2.05, 4.69) is 5.32 Å². The van der Waals surface area contributed by atoms with Gasteiger partial charge in [-0.25, -0.2) is 9.78 Å². The molecule has 6 nitrogen and oxygen atoms in total. The molecule has 1 unspecified atom stereocenters. The molecule has 30 heavy (non-hydrogen) atoms. The van der Waals surface area contributed by atoms with E-state index in [1.54, 1.807) is 4.57 Å². The number of aryl methyl sites for hydroxylation is 1. The van der Waals surface area contributed by atoms with Gasteiger partial charge < -0.3 is 10.1 Å². The molecule has 1 atom stereocenters. The number of nitrogens with zero attached hydrogens (tertiary/aromatic N) is 2. The first-order chi connectivity index (χ1) is 14.2. The Hall–Kier alpha value is -3.15. The molecule has 0 radical (unpaired) electrons. The van der Waals surface area contributed by atoms with Gasteiger partial charge in [0.15, 0.2) is 0 Å². The monoisotopic (exact) mass is 405 g/mol. The molecule has 1 aliphatic carbocycles. The number of aromatic nitrogens is 2. The van der Waals surface area contributed by atoms with Crippen molar-refractivity contribution in [3.63, 3.8) is 0 Å². The van der Waals surface area contributed by atoms with Crippen LogP contribution in [0, 0.1) is 12.8 Å². The quantitative estimate of drug-likeness (QED) is 0.685. The number of hydrogen-bond donors (Lipinski definition) is 1. The lowest BCUT2D eigenvalue weighted by molar-refractivity contribution is 0.0493. The van der Waals surface area contributed by atoms with Crippen LogP contribution in [-0.4, -0.2) is 21.2 Å². The van der Waals surface area contributed by atoms with Crippen molar-refractivity contribution in [1.82, 2.24) is 14.9 Å². The minimum atomic E-state index is -0.606. The molecule has 1 N–H and O–H groups in total. The van der Waals surface area contributed by atoms with E-state index in [1.165, 1.54) is 0 Å². The first-order valence-electron chi connectivity index (χ1n) is 10.3. The highest BCUT2D eigenvalue weighted by Crippen LogP contribution is 2.41. The van der Waals surface area contributed by atoms with E-state index >= 15 is 0 Å². The van der Waals surface area contributed by atoms with E-state index in [9.17, 15) is 9.59 Å². The lowest BCUT2D eigenvalue weighted by atomic mass is 10.1. The summed E-state index contributed by atoms with van der Waals surface area (Å²) in [5.41, 5.74) is 1.51. The second kappa shape index (κ2) is 7.59. The molecule has 3 aromatic rings. The summed E-state index contributed by atoms with van der Waals surface area (Å²) in [6.45, 7) is 7.40. The number of carbonyl (C=O) groups is 1. The predicted octanol–water partition coefficient (Wildman–Crippen LogP) is 4.67. The third-order valence-electron chi connectivity index (χ3n) is 5.19. The van der Waals surface area contributed by atoms with Crippen molar-refractivity contribution in [2.75, 3.05) is 0 Å². The third-order valence-corrected chi connectivity index (χ3v) is 5.19. The highest BCUT2D eigenvalue weighted by atomic mass is 16.6. The molecule has 6 heteroatoms. The minimum Gasteiger partial charge on any atom is -0.444 e. The predicted molar refractivity (Wildman–Crippen MR) is 117 cm³/mol. The summed E-state index contributed by atoms with van der Waals surface area (Å²) in [6, 6.07) is 14.7. The molecule has 0 spiro atoms. The van der Waals surface area contributed by atoms with Crippen molar-refractivity contribution in [1.29, 1.82) is 0 Å². The van der Waals surface area contributed by atoms with Gasteiger partial charge in [-0.3, -0.25) is 9.36 Å². The number of alkyl carbamates (subject to hydrolysis) is 1. The lowest BCUT2D eigenvalue weighted by Crippen LogP contribution is -2.39. The second-order valence-corrected chi connectivity index (χ2v) is 8.88. The maximum absolute atomic E-state index is 13.6. The second-order valence-electron chi connectivity index (χ2n) is 8.88. The molecule has 1 aromatic heterocycles. The Kier molecular flexibility index (Phi) is 5.10. The molecular formula is C24H27N3O3. The van der Waals surface area contributed by atoms with Gasteiger partial charge in [-0.1, -0.05) is 30.3 Å². The fraction of sp³-hybridized carbons (Fsp3) is 0.375. The largest absolute Gasteiger partial charge is 0.444 e. The van der Waals surface area contributed by atoms with Crippen LogP contribution in [-0.2, 0) is 4.74 Å². The van der Waals surface area contributed by atoms with Gasteiger partial charge in [0.05, 0.1) is 22.6 Å². The summed E-state index contributed by atoms with van der Waals surface area (Å²) >= 11 is 0. The number of hydrogen-bond acceptors (Lipinski definition) is 4. The zero-order valence-electron chi connectivity index (χ0n) is 17.8. The van der Waals surface area contributed by atoms with Gasteiger partial charge in [-0.15, -0.1) is 0 Å². The van der Waals surface area contributed by atoms with Gasteiger partial charge in [-0.05, 0) is 70.2 Å². The standard InChI is InChI=1S/C24H27N3O3/c1-15-9-8-12-18-19(15)22(28)27(17-10-6-5-7-11-17)21(25-18)20(16-13-14-16)26-23(29)30-24(2,3)4/h5-12,16,20H,13-14H2,1-4H3,(H,26,29). The van der Waals surface area contributed by atoms with E-state index in [-0.39, 0.29) is 11.5 Å². The van der Waals surface area contributed by atoms with Crippen molar-refractivity contribution in [3.8, 4) is 5.69 Å². The zero-order valence-corrected chi connectivity index (χ0v) is 17.8. The maximum atomic E-state index is 13.6. The Morgan fingerprint density at radius 1 is 1.13 bits per heavy atom. The van der Waals surface area contributed by atoms with Crippen molar-refractivity contribution < 1.29 is 9.53 Å². The fourth-order valence-corrected chi connectivity index (χ4v) is 3.71. The first-order valence-corrected chi connectivity index (χ1v) is 10.3. The van der Waals surface area contributed by atoms with Crippen LogP contribution in [0.3, 0.4) is 0 Å². The van der Waals surface area contributed by atoms with Gasteiger partial charge in [0.2, 0.25) is 0 Å². The summed E-state index contributed by atoms with van der Waals surface area (Å²) in [7, 11) is 0. The van der Waals surface area contributed by atoms with Gasteiger partial charge in [0, 0.05) is 0 Å². The Morgan fingerprint density at radius 3 is 2.47 bits per heavy atom. The van der Waals surface area contributed by atoms with Gasteiger partial charge in [0.1, 0.15) is 11.4 Å². The number of rotatable bonds is 4. The molecule has 1 aliphatic rings. The molecule has 1 fully saturated rings. The average Bonchev–Trinajstić information content (AvgIpc) is 3.50. The summed E-state index contributed by atoms with van der Waals surface area (Å²) in [5, 5.41) is 3.58. The Labute approximate surface area is 175 Å². The van der Waals surface area contributed by atoms with Crippen LogP contribution in [0.4, 0.5) is 4.79 Å². The number of fused-ring (bicyclic) bond motifs is 1. The topological polar surface area (TPSA) is 73.2 Å². The normalized spacial score (nSPS) is 15.1. The summed E-state index contributed by atoms with van der Waals surface area (Å²) in [5.74, 6) is 0.763. The molecular weight excluding hydrogens is 378 g/mol. The van der Waals surface area contributed by atoms with Crippen LogP contribution in [0.2, 0.25) is 0 Å². The summed E-state index contributed by atoms with van der Waals surface area (Å²) in [4.78, 5) is 31.1. The van der Waals surface area contributed by atoms with Crippen LogP contribution in [0.1, 0.15) is 51.0 Å². The molecule has 1 saturated carbocycles. The first kappa shape index (κ1) is 20.1. The number of nitrogens with one attached hydrogen (secondary N) is 1. The molecule has 156 valence electrons. The molecule has 0 bridgehead atoms. The smallest absolute Gasteiger partial charge is 0.408 e. The molecule has 1 amide bonds. The number of ether oxygens (including phenoxy) is 1. The zero-order chi connectivity index (χ0) is 21.5. The van der Waals surface area contributed by atoms with Crippen LogP contribution in [0.5, 0.6) is 0 Å². The number of para-hydroxylation sites is 1. The van der Waals surface area contributed by atoms with E-state index in [0.717, 1.165) is 24.1 Å². The van der Waals surface area contributed by atoms with Gasteiger partial charge in [-0.2, -0.15) is 0 Å². The molecule has 1 heterocycles. The van der Waals surface area contributed by atoms with Crippen LogP contribution >= 0.6 is 0 Å². The summed E-state index contributed by atoms with van der Waals surface area (Å²) in [6.07, 6.45) is 1.44. The average molecular weight is 405 g/mol. The van der Waals surface area contributed by atoms with Crippen molar-refractivity contribution >= 4 is 17.0 Å². The Bertz CT molecular complexity index is 1140. The third kappa shape index (κ3) is 4.08. The minimum absolute atomic E-state index is 0.129. The highest BCUT2D eigenvalue weighted by Gasteiger charge is 2.38. The number of amides is 1. The molecule has 0 saturated heterocycles. The van der Waals surface area contributed by atoms with Crippen molar-refractivity contribution in [2.24, 2.45) is 5.92 Å². The summed E-state index contributed by atoms with van der Waals surface area (Å²) < 4.78 is 7.12. The van der Waals surface area contributed by atoms with E-state index in [0.29, 0.717) is 16.7 Å². The SMILES string of the molecule is Cc1cccc2nc(C(NC(=O)OC(C)(C)C)C3CC3)n(-c3ccccc3)c(=O)c12. The highest BCUT2D eigenvalue weighted by molar-refractivity contribution is 5.81. The van der Waals surface area contributed by atoms with E-state index in [4.69, 9.17) is 9.72 Å². The Morgan fingerprint density at radius 2 is 1.83 bits per heavy atom. The van der Waals surface area contributed by atoms with Crippen LogP contribution in [0.15, 0.2) is 53.3 Å². The van der Waals surface area contributed by atoms with Crippen molar-refractivity contribution in [3.05, 3.63) is 70.3 Å². The number of carbonyl (C=O) groups excluding carboxylic acids is 1. The van der Waals surface area contributed by atoms with Gasteiger partial charge >= 0.3 is 6.09 Å². The van der Waals surface area contributed by atoms with Crippen molar-refractivity contribution in [2.45, 2.75) is 52.2 Å². The van der Waals surface area contributed by atoms with E-state index < -0.39 is 17.7 Å². The van der Waals surface area contributed by atoms with Crippen LogP contribution in [0.25, 0.3) is 16.6 Å². The fourth-order valence-electron chi connectivity index (χ4n) is 3.71. The maximum Gasteiger partial charge on any atom is 0.408 e. The molecule has 4 rings (SSSR count). The molecule has 0 aliphatic heterocycles. The molecule has 2 aromatic carbocycles. The van der Waals surface area contributed by atoms with E-state index in [1.807, 2.05) is 76.2 Å². The number of benzene rings is 2. The lowest BCUT2D eigenvalue weighted by Gasteiger charge is -2.25. The van der Waals surface area contributed by atoms with Gasteiger partial charge in [0.25, 0.3) is 5.56 Å².